The molecule has 31 heavy (non-hydrogen) atoms. The van der Waals surface area contributed by atoms with Crippen LogP contribution in [0.5, 0.6) is 0 Å². The highest BCUT2D eigenvalue weighted by molar-refractivity contribution is 14.0. The first-order chi connectivity index (χ1) is 14.3. The molecule has 8 heteroatoms. The maximum absolute atomic E-state index is 12.4. The minimum atomic E-state index is 0. The van der Waals surface area contributed by atoms with Gasteiger partial charge in [-0.3, -0.25) is 14.5 Å². The lowest BCUT2D eigenvalue weighted by atomic mass is 10.1. The summed E-state index contributed by atoms with van der Waals surface area (Å²) in [4.78, 5) is 18.6. The van der Waals surface area contributed by atoms with E-state index in [1.54, 1.807) is 7.05 Å². The molecule has 7 nitrogen and oxygen atoms in total. The molecular formula is C23H37IN6O. The standard InChI is InChI=1S/C23H36N6O.HI/c1-8-29(9-2)22(30)20-12-10-19(11-13-20)15-25-23(24-6)26-16(3)14-21-17(4)27-28(7)18(21)5;/h10-13,16H,8-9,14-15H2,1-7H3,(H2,24,25,26);1H. The normalized spacial score (nSPS) is 12.2. The Morgan fingerprint density at radius 2 is 1.81 bits per heavy atom. The van der Waals surface area contributed by atoms with Crippen molar-refractivity contribution in [1.82, 2.24) is 25.3 Å². The smallest absolute Gasteiger partial charge is 0.253 e. The molecule has 0 saturated carbocycles. The van der Waals surface area contributed by atoms with E-state index in [1.807, 2.05) is 54.7 Å². The summed E-state index contributed by atoms with van der Waals surface area (Å²) >= 11 is 0. The highest BCUT2D eigenvalue weighted by Gasteiger charge is 2.14. The van der Waals surface area contributed by atoms with Gasteiger partial charge >= 0.3 is 0 Å². The molecule has 0 aliphatic carbocycles. The molecule has 0 fully saturated rings. The zero-order valence-corrected chi connectivity index (χ0v) is 22.2. The summed E-state index contributed by atoms with van der Waals surface area (Å²) in [6.45, 7) is 12.4. The van der Waals surface area contributed by atoms with Gasteiger partial charge in [0.2, 0.25) is 0 Å². The second-order valence-electron chi connectivity index (χ2n) is 7.62. The van der Waals surface area contributed by atoms with Crippen LogP contribution in [-0.2, 0) is 20.0 Å². The lowest BCUT2D eigenvalue weighted by Gasteiger charge is -2.19. The maximum atomic E-state index is 12.4. The zero-order chi connectivity index (χ0) is 22.3. The molecule has 0 aliphatic heterocycles. The Balaban J connectivity index is 0.00000480. The molecule has 1 aromatic carbocycles. The van der Waals surface area contributed by atoms with Gasteiger partial charge in [-0.05, 0) is 64.3 Å². The van der Waals surface area contributed by atoms with Gasteiger partial charge in [-0.25, -0.2) is 0 Å². The Labute approximate surface area is 203 Å². The molecule has 2 rings (SSSR count). The van der Waals surface area contributed by atoms with Gasteiger partial charge in [0, 0.05) is 51.0 Å². The minimum absolute atomic E-state index is 0. The fourth-order valence-corrected chi connectivity index (χ4v) is 3.54. The summed E-state index contributed by atoms with van der Waals surface area (Å²) in [7, 11) is 3.75. The fraction of sp³-hybridized carbons (Fsp3) is 0.522. The topological polar surface area (TPSA) is 74.6 Å². The van der Waals surface area contributed by atoms with E-state index in [-0.39, 0.29) is 35.9 Å². The third kappa shape index (κ3) is 7.22. The van der Waals surface area contributed by atoms with Gasteiger partial charge in [-0.1, -0.05) is 12.1 Å². The second kappa shape index (κ2) is 12.7. The molecule has 2 N–H and O–H groups in total. The Hall–Kier alpha value is -2.10. The summed E-state index contributed by atoms with van der Waals surface area (Å²) in [5, 5.41) is 11.3. The predicted octanol–water partition coefficient (Wildman–Crippen LogP) is 3.43. The van der Waals surface area contributed by atoms with Crippen molar-refractivity contribution >= 4 is 35.8 Å². The van der Waals surface area contributed by atoms with Crippen molar-refractivity contribution in [1.29, 1.82) is 0 Å². The lowest BCUT2D eigenvalue weighted by molar-refractivity contribution is 0.0773. The van der Waals surface area contributed by atoms with Crippen LogP contribution in [0.1, 0.15) is 53.6 Å². The van der Waals surface area contributed by atoms with Crippen molar-refractivity contribution in [2.75, 3.05) is 20.1 Å². The SMILES string of the molecule is CCN(CC)C(=O)c1ccc(CNC(=NC)NC(C)Cc2c(C)nn(C)c2C)cc1.I. The number of benzene rings is 1. The van der Waals surface area contributed by atoms with Crippen LogP contribution in [0.15, 0.2) is 29.3 Å². The van der Waals surface area contributed by atoms with Crippen LogP contribution in [0.2, 0.25) is 0 Å². The van der Waals surface area contributed by atoms with E-state index in [9.17, 15) is 4.79 Å². The van der Waals surface area contributed by atoms with E-state index in [0.717, 1.165) is 42.3 Å². The van der Waals surface area contributed by atoms with Gasteiger partial charge < -0.3 is 15.5 Å². The van der Waals surface area contributed by atoms with Crippen molar-refractivity contribution in [3.8, 4) is 0 Å². The number of carbonyl (C=O) groups is 1. The Bertz CT molecular complexity index is 871. The number of guanidine groups is 1. The Morgan fingerprint density at radius 1 is 1.19 bits per heavy atom. The number of hydrogen-bond acceptors (Lipinski definition) is 3. The number of carbonyl (C=O) groups excluding carboxylic acids is 1. The number of nitrogens with zero attached hydrogens (tertiary/aromatic N) is 4. The molecule has 1 heterocycles. The monoisotopic (exact) mass is 540 g/mol. The van der Waals surface area contributed by atoms with Crippen LogP contribution >= 0.6 is 24.0 Å². The van der Waals surface area contributed by atoms with Gasteiger partial charge in [-0.15, -0.1) is 24.0 Å². The van der Waals surface area contributed by atoms with E-state index in [2.05, 4.69) is 41.5 Å². The number of nitrogens with one attached hydrogen (secondary N) is 2. The molecule has 1 amide bonds. The molecule has 2 aromatic rings. The summed E-state index contributed by atoms with van der Waals surface area (Å²) in [6, 6.07) is 7.98. The molecule has 0 spiro atoms. The average Bonchev–Trinajstić information content (AvgIpc) is 2.98. The van der Waals surface area contributed by atoms with Crippen LogP contribution in [0.3, 0.4) is 0 Å². The van der Waals surface area contributed by atoms with E-state index >= 15 is 0 Å². The van der Waals surface area contributed by atoms with Crippen molar-refractivity contribution < 1.29 is 4.79 Å². The average molecular weight is 540 g/mol. The molecule has 1 aromatic heterocycles. The number of aryl methyl sites for hydroxylation is 2. The number of hydrogen-bond donors (Lipinski definition) is 2. The number of aliphatic imine (C=N–C) groups is 1. The maximum Gasteiger partial charge on any atom is 0.253 e. The quantitative estimate of drug-likeness (QED) is 0.306. The van der Waals surface area contributed by atoms with E-state index in [4.69, 9.17) is 0 Å². The molecule has 0 radical (unpaired) electrons. The minimum Gasteiger partial charge on any atom is -0.354 e. The van der Waals surface area contributed by atoms with Crippen molar-refractivity contribution in [3.05, 3.63) is 52.3 Å². The largest absolute Gasteiger partial charge is 0.354 e. The molecule has 1 atom stereocenters. The Morgan fingerprint density at radius 3 is 2.29 bits per heavy atom. The zero-order valence-electron chi connectivity index (χ0n) is 19.8. The first-order valence-electron chi connectivity index (χ1n) is 10.6. The van der Waals surface area contributed by atoms with Gasteiger partial charge in [0.25, 0.3) is 5.91 Å². The summed E-state index contributed by atoms with van der Waals surface area (Å²) < 4.78 is 1.93. The van der Waals surface area contributed by atoms with Crippen LogP contribution in [-0.4, -0.2) is 52.7 Å². The van der Waals surface area contributed by atoms with Crippen molar-refractivity contribution in [3.63, 3.8) is 0 Å². The van der Waals surface area contributed by atoms with E-state index in [1.165, 1.54) is 11.3 Å². The highest BCUT2D eigenvalue weighted by Crippen LogP contribution is 2.14. The first-order valence-corrected chi connectivity index (χ1v) is 10.6. The highest BCUT2D eigenvalue weighted by atomic mass is 127. The van der Waals surface area contributed by atoms with E-state index < -0.39 is 0 Å². The summed E-state index contributed by atoms with van der Waals surface area (Å²) in [5.41, 5.74) is 5.37. The number of amides is 1. The third-order valence-electron chi connectivity index (χ3n) is 5.49. The molecule has 1 unspecified atom stereocenters. The van der Waals surface area contributed by atoms with Gasteiger partial charge in [-0.2, -0.15) is 5.10 Å². The van der Waals surface area contributed by atoms with Crippen LogP contribution in [0, 0.1) is 13.8 Å². The second-order valence-corrected chi connectivity index (χ2v) is 7.62. The molecule has 0 saturated heterocycles. The number of rotatable bonds is 8. The molecular weight excluding hydrogens is 503 g/mol. The predicted molar refractivity (Wildman–Crippen MR) is 138 cm³/mol. The fourth-order valence-electron chi connectivity index (χ4n) is 3.54. The van der Waals surface area contributed by atoms with Crippen LogP contribution < -0.4 is 10.6 Å². The van der Waals surface area contributed by atoms with Crippen LogP contribution in [0.4, 0.5) is 0 Å². The molecule has 0 aliphatic rings. The molecule has 172 valence electrons. The van der Waals surface area contributed by atoms with E-state index in [0.29, 0.717) is 6.54 Å². The van der Waals surface area contributed by atoms with Crippen molar-refractivity contribution in [2.24, 2.45) is 12.0 Å². The first kappa shape index (κ1) is 26.9. The van der Waals surface area contributed by atoms with Crippen LogP contribution in [0.25, 0.3) is 0 Å². The molecule has 0 bridgehead atoms. The van der Waals surface area contributed by atoms with Gasteiger partial charge in [0.1, 0.15) is 0 Å². The summed E-state index contributed by atoms with van der Waals surface area (Å²) in [5.74, 6) is 0.830. The Kier molecular flexibility index (Phi) is 11.0. The van der Waals surface area contributed by atoms with Gasteiger partial charge in [0.05, 0.1) is 5.69 Å². The number of aromatic nitrogens is 2. The third-order valence-corrected chi connectivity index (χ3v) is 5.49. The van der Waals surface area contributed by atoms with Crippen molar-refractivity contribution in [2.45, 2.75) is 53.6 Å². The number of halogens is 1. The van der Waals surface area contributed by atoms with Gasteiger partial charge in [0.15, 0.2) is 5.96 Å². The lowest BCUT2D eigenvalue weighted by Crippen LogP contribution is -2.42. The summed E-state index contributed by atoms with van der Waals surface area (Å²) in [6.07, 6.45) is 0.883.